The Bertz CT molecular complexity index is 496. The minimum absolute atomic E-state index is 0.425. The van der Waals surface area contributed by atoms with E-state index in [4.69, 9.17) is 5.73 Å². The van der Waals surface area contributed by atoms with Crippen LogP contribution in [0.5, 0.6) is 0 Å². The van der Waals surface area contributed by atoms with Gasteiger partial charge in [0.25, 0.3) is 0 Å². The molecular formula is C19H28N2. The van der Waals surface area contributed by atoms with Crippen molar-refractivity contribution in [3.05, 3.63) is 35.4 Å². The fourth-order valence-corrected chi connectivity index (χ4v) is 3.17. The maximum Gasteiger partial charge on any atom is 0.0555 e. The summed E-state index contributed by atoms with van der Waals surface area (Å²) >= 11 is 0. The average Bonchev–Trinajstić information content (AvgIpc) is 2.72. The van der Waals surface area contributed by atoms with Crippen molar-refractivity contribution in [3.8, 4) is 11.8 Å². The molecule has 2 heteroatoms. The van der Waals surface area contributed by atoms with E-state index < -0.39 is 0 Å². The third-order valence-corrected chi connectivity index (χ3v) is 4.54. The maximum atomic E-state index is 5.49. The molecule has 0 saturated carbocycles. The molecule has 21 heavy (non-hydrogen) atoms. The van der Waals surface area contributed by atoms with E-state index >= 15 is 0 Å². The monoisotopic (exact) mass is 284 g/mol. The van der Waals surface area contributed by atoms with Gasteiger partial charge in [0.2, 0.25) is 0 Å². The van der Waals surface area contributed by atoms with Crippen LogP contribution in [0.25, 0.3) is 0 Å². The number of hydrogen-bond acceptors (Lipinski definition) is 2. The topological polar surface area (TPSA) is 29.3 Å². The van der Waals surface area contributed by atoms with Crippen LogP contribution >= 0.6 is 0 Å². The van der Waals surface area contributed by atoms with Crippen molar-refractivity contribution in [2.45, 2.75) is 39.7 Å². The molecule has 1 unspecified atom stereocenters. The van der Waals surface area contributed by atoms with E-state index in [1.165, 1.54) is 37.9 Å². The molecule has 0 radical (unpaired) electrons. The number of benzene rings is 1. The van der Waals surface area contributed by atoms with Gasteiger partial charge >= 0.3 is 0 Å². The molecule has 114 valence electrons. The number of hydrogen-bond donors (Lipinski definition) is 1. The van der Waals surface area contributed by atoms with Gasteiger partial charge in [-0.25, -0.2) is 0 Å². The Morgan fingerprint density at radius 3 is 2.81 bits per heavy atom. The van der Waals surface area contributed by atoms with Crippen molar-refractivity contribution in [3.63, 3.8) is 0 Å². The second-order valence-corrected chi connectivity index (χ2v) is 6.37. The summed E-state index contributed by atoms with van der Waals surface area (Å²) in [5.41, 5.74) is 7.96. The van der Waals surface area contributed by atoms with Gasteiger partial charge in [-0.15, -0.1) is 0 Å². The lowest BCUT2D eigenvalue weighted by molar-refractivity contribution is 0.264. The lowest BCUT2D eigenvalue weighted by atomic mass is 9.89. The molecule has 1 aromatic carbocycles. The van der Waals surface area contributed by atoms with Gasteiger partial charge in [-0.2, -0.15) is 0 Å². The van der Waals surface area contributed by atoms with Gasteiger partial charge in [0.15, 0.2) is 0 Å². The molecule has 1 aliphatic heterocycles. The molecule has 2 rings (SSSR count). The van der Waals surface area contributed by atoms with Gasteiger partial charge < -0.3 is 5.73 Å². The molecule has 2 N–H and O–H groups in total. The van der Waals surface area contributed by atoms with Crippen molar-refractivity contribution in [1.82, 2.24) is 4.90 Å². The van der Waals surface area contributed by atoms with Gasteiger partial charge in [0, 0.05) is 12.1 Å². The Hall–Kier alpha value is -1.30. The van der Waals surface area contributed by atoms with E-state index in [9.17, 15) is 0 Å². The molecule has 1 heterocycles. The van der Waals surface area contributed by atoms with Gasteiger partial charge in [-0.3, -0.25) is 4.90 Å². The van der Waals surface area contributed by atoms with Crippen molar-refractivity contribution < 1.29 is 0 Å². The maximum absolute atomic E-state index is 5.49. The molecule has 1 saturated heterocycles. The first-order chi connectivity index (χ1) is 10.2. The number of nitrogens with zero attached hydrogens (tertiary/aromatic N) is 1. The van der Waals surface area contributed by atoms with E-state index in [0.29, 0.717) is 6.54 Å². The highest BCUT2D eigenvalue weighted by molar-refractivity contribution is 5.41. The zero-order chi connectivity index (χ0) is 15.1. The van der Waals surface area contributed by atoms with Crippen LogP contribution in [0, 0.1) is 23.7 Å². The summed E-state index contributed by atoms with van der Waals surface area (Å²) in [7, 11) is 0. The van der Waals surface area contributed by atoms with Gasteiger partial charge in [-0.05, 0) is 55.8 Å². The first-order valence-electron chi connectivity index (χ1n) is 8.20. The van der Waals surface area contributed by atoms with Crippen LogP contribution in [-0.2, 0) is 6.54 Å². The Morgan fingerprint density at radius 2 is 2.05 bits per heavy atom. The normalized spacial score (nSPS) is 19.9. The van der Waals surface area contributed by atoms with Crippen LogP contribution in [-0.4, -0.2) is 24.5 Å². The molecule has 1 aliphatic rings. The van der Waals surface area contributed by atoms with E-state index in [-0.39, 0.29) is 0 Å². The summed E-state index contributed by atoms with van der Waals surface area (Å²) in [6.45, 7) is 8.58. The van der Waals surface area contributed by atoms with Crippen molar-refractivity contribution in [1.29, 1.82) is 0 Å². The van der Waals surface area contributed by atoms with Gasteiger partial charge in [0.05, 0.1) is 6.54 Å². The molecule has 2 nitrogen and oxygen atoms in total. The fourth-order valence-electron chi connectivity index (χ4n) is 3.17. The van der Waals surface area contributed by atoms with E-state index in [0.717, 1.165) is 23.9 Å². The van der Waals surface area contributed by atoms with Crippen molar-refractivity contribution in [2.75, 3.05) is 19.6 Å². The van der Waals surface area contributed by atoms with E-state index in [1.54, 1.807) is 0 Å². The first-order valence-corrected chi connectivity index (χ1v) is 8.20. The SMILES string of the molecule is CC(C)C1CCCN(Cc2ccccc2C#CCN)CC1. The summed E-state index contributed by atoms with van der Waals surface area (Å²) in [6, 6.07) is 8.47. The quantitative estimate of drug-likeness (QED) is 0.863. The van der Waals surface area contributed by atoms with Gasteiger partial charge in [0.1, 0.15) is 0 Å². The highest BCUT2D eigenvalue weighted by Crippen LogP contribution is 2.25. The van der Waals surface area contributed by atoms with Crippen LogP contribution < -0.4 is 5.73 Å². The largest absolute Gasteiger partial charge is 0.320 e. The lowest BCUT2D eigenvalue weighted by Gasteiger charge is -2.22. The molecule has 0 bridgehead atoms. The minimum Gasteiger partial charge on any atom is -0.320 e. The van der Waals surface area contributed by atoms with Gasteiger partial charge in [-0.1, -0.05) is 43.9 Å². The summed E-state index contributed by atoms with van der Waals surface area (Å²) in [4.78, 5) is 2.59. The summed E-state index contributed by atoms with van der Waals surface area (Å²) in [6.07, 6.45) is 4.02. The molecule has 1 atom stereocenters. The molecule has 0 amide bonds. The lowest BCUT2D eigenvalue weighted by Crippen LogP contribution is -2.25. The molecule has 0 aliphatic carbocycles. The summed E-state index contributed by atoms with van der Waals surface area (Å²) in [5, 5.41) is 0. The molecule has 1 fully saturated rings. The van der Waals surface area contributed by atoms with Crippen molar-refractivity contribution in [2.24, 2.45) is 17.6 Å². The predicted molar refractivity (Wildman–Crippen MR) is 89.8 cm³/mol. The summed E-state index contributed by atoms with van der Waals surface area (Å²) in [5.74, 6) is 7.88. The highest BCUT2D eigenvalue weighted by atomic mass is 15.1. The van der Waals surface area contributed by atoms with Crippen LogP contribution in [0.2, 0.25) is 0 Å². The van der Waals surface area contributed by atoms with E-state index in [2.05, 4.69) is 54.9 Å². The highest BCUT2D eigenvalue weighted by Gasteiger charge is 2.19. The Kier molecular flexibility index (Phi) is 6.29. The number of likely N-dealkylation sites (tertiary alicyclic amines) is 1. The molecule has 0 spiro atoms. The van der Waals surface area contributed by atoms with Crippen LogP contribution in [0.15, 0.2) is 24.3 Å². The fraction of sp³-hybridized carbons (Fsp3) is 0.579. The molecular weight excluding hydrogens is 256 g/mol. The van der Waals surface area contributed by atoms with E-state index in [1.807, 2.05) is 0 Å². The smallest absolute Gasteiger partial charge is 0.0555 e. The van der Waals surface area contributed by atoms with Crippen LogP contribution in [0.1, 0.15) is 44.2 Å². The number of rotatable bonds is 3. The second kappa shape index (κ2) is 8.22. The number of nitrogens with two attached hydrogens (primary N) is 1. The Balaban J connectivity index is 2.01. The zero-order valence-corrected chi connectivity index (χ0v) is 13.4. The van der Waals surface area contributed by atoms with Crippen LogP contribution in [0.3, 0.4) is 0 Å². The van der Waals surface area contributed by atoms with Crippen LogP contribution in [0.4, 0.5) is 0 Å². The average molecular weight is 284 g/mol. The predicted octanol–water partition coefficient (Wildman–Crippen LogP) is 3.25. The summed E-state index contributed by atoms with van der Waals surface area (Å²) < 4.78 is 0. The standard InChI is InChI=1S/C19H28N2/c1-16(2)17-10-6-13-21(14-11-17)15-19-8-4-3-7-18(19)9-5-12-20/h3-4,7-8,16-17H,6,10-15,20H2,1-2H3. The third-order valence-electron chi connectivity index (χ3n) is 4.54. The molecule has 1 aromatic rings. The minimum atomic E-state index is 0.425. The first kappa shape index (κ1) is 16.1. The third kappa shape index (κ3) is 4.88. The Morgan fingerprint density at radius 1 is 1.24 bits per heavy atom. The Labute approximate surface area is 129 Å². The second-order valence-electron chi connectivity index (χ2n) is 6.37. The molecule has 0 aromatic heterocycles. The van der Waals surface area contributed by atoms with Crippen molar-refractivity contribution >= 4 is 0 Å². The zero-order valence-electron chi connectivity index (χ0n) is 13.4.